The molecule has 1 aromatic heterocycles. The molecule has 5 nitrogen and oxygen atoms in total. The molecule has 0 aliphatic carbocycles. The summed E-state index contributed by atoms with van der Waals surface area (Å²) >= 11 is 0. The third-order valence-electron chi connectivity index (χ3n) is 2.69. The van der Waals surface area contributed by atoms with Crippen LogP contribution in [0.4, 0.5) is 0 Å². The predicted molar refractivity (Wildman–Crippen MR) is 65.6 cm³/mol. The van der Waals surface area contributed by atoms with Crippen LogP contribution in [-0.4, -0.2) is 9.55 Å². The molecule has 1 aromatic carbocycles. The molecule has 2 N–H and O–H groups in total. The van der Waals surface area contributed by atoms with Crippen molar-refractivity contribution in [1.29, 1.82) is 10.5 Å². The van der Waals surface area contributed by atoms with Crippen molar-refractivity contribution in [3.05, 3.63) is 47.0 Å². The molecule has 0 spiro atoms. The maximum atomic E-state index is 9.11. The summed E-state index contributed by atoms with van der Waals surface area (Å²) < 4.78 is 1.60. The van der Waals surface area contributed by atoms with Crippen molar-refractivity contribution in [2.75, 3.05) is 0 Å². The molecule has 0 amide bonds. The molecule has 2 aromatic rings. The average Bonchev–Trinajstić information content (AvgIpc) is 2.81. The molecule has 5 heteroatoms. The second-order valence-corrected chi connectivity index (χ2v) is 3.87. The smallest absolute Gasteiger partial charge is 0.177 e. The van der Waals surface area contributed by atoms with Gasteiger partial charge in [-0.3, -0.25) is 4.57 Å². The van der Waals surface area contributed by atoms with Crippen molar-refractivity contribution < 1.29 is 0 Å². The summed E-state index contributed by atoms with van der Waals surface area (Å²) in [5.41, 5.74) is 8.86. The van der Waals surface area contributed by atoms with E-state index in [-0.39, 0.29) is 11.4 Å². The first-order valence-electron chi connectivity index (χ1n) is 5.38. The van der Waals surface area contributed by atoms with Crippen LogP contribution >= 0.6 is 0 Å². The van der Waals surface area contributed by atoms with E-state index in [9.17, 15) is 0 Å². The van der Waals surface area contributed by atoms with Crippen LogP contribution in [0.3, 0.4) is 0 Å². The summed E-state index contributed by atoms with van der Waals surface area (Å²) in [6.07, 6.45) is 1.47. The molecule has 0 radical (unpaired) electrons. The van der Waals surface area contributed by atoms with E-state index >= 15 is 0 Å². The number of hydrogen-bond acceptors (Lipinski definition) is 4. The zero-order valence-electron chi connectivity index (χ0n) is 9.88. The van der Waals surface area contributed by atoms with Gasteiger partial charge < -0.3 is 5.73 Å². The largest absolute Gasteiger partial charge is 0.326 e. The van der Waals surface area contributed by atoms with Gasteiger partial charge in [0.2, 0.25) is 0 Å². The zero-order valence-corrected chi connectivity index (χ0v) is 9.88. The highest BCUT2D eigenvalue weighted by molar-refractivity contribution is 5.49. The molecular weight excluding hydrogens is 226 g/mol. The normalized spacial score (nSPS) is 9.78. The molecule has 88 valence electrons. The minimum absolute atomic E-state index is 0.126. The molecule has 0 aliphatic rings. The number of nitrogens with zero attached hydrogens (tertiary/aromatic N) is 4. The number of nitriles is 2. The second kappa shape index (κ2) is 4.70. The van der Waals surface area contributed by atoms with Crippen LogP contribution in [0, 0.1) is 29.6 Å². The van der Waals surface area contributed by atoms with Crippen molar-refractivity contribution in [2.24, 2.45) is 5.73 Å². The van der Waals surface area contributed by atoms with Crippen molar-refractivity contribution in [1.82, 2.24) is 9.55 Å². The standard InChI is InChI=1S/C13H11N5/c1-9-2-3-12(10(4-9)5-14)18-8-17-11(6-15)13(18)7-16/h2-4,8H,5,14H2,1H3. The first kappa shape index (κ1) is 11.8. The lowest BCUT2D eigenvalue weighted by molar-refractivity contribution is 0.968. The van der Waals surface area contributed by atoms with Crippen molar-refractivity contribution in [2.45, 2.75) is 13.5 Å². The maximum Gasteiger partial charge on any atom is 0.177 e. The van der Waals surface area contributed by atoms with Gasteiger partial charge in [0, 0.05) is 6.54 Å². The fraction of sp³-hybridized carbons (Fsp3) is 0.154. The van der Waals surface area contributed by atoms with Crippen LogP contribution in [0.2, 0.25) is 0 Å². The van der Waals surface area contributed by atoms with Crippen LogP contribution in [0.1, 0.15) is 22.5 Å². The average molecular weight is 237 g/mol. The molecule has 0 saturated heterocycles. The van der Waals surface area contributed by atoms with E-state index in [0.717, 1.165) is 16.8 Å². The molecule has 1 heterocycles. The number of aryl methyl sites for hydroxylation is 1. The van der Waals surface area contributed by atoms with Crippen LogP contribution in [0.25, 0.3) is 5.69 Å². The number of imidazole rings is 1. The quantitative estimate of drug-likeness (QED) is 0.854. The van der Waals surface area contributed by atoms with Gasteiger partial charge in [0.1, 0.15) is 18.5 Å². The summed E-state index contributed by atoms with van der Waals surface area (Å²) in [6, 6.07) is 9.67. The Morgan fingerprint density at radius 3 is 2.72 bits per heavy atom. The Bertz CT molecular complexity index is 670. The molecule has 0 saturated carbocycles. The van der Waals surface area contributed by atoms with Gasteiger partial charge in [-0.05, 0) is 18.6 Å². The second-order valence-electron chi connectivity index (χ2n) is 3.87. The number of hydrogen-bond donors (Lipinski definition) is 1. The molecule has 0 aliphatic heterocycles. The van der Waals surface area contributed by atoms with Gasteiger partial charge in [-0.15, -0.1) is 0 Å². The highest BCUT2D eigenvalue weighted by Gasteiger charge is 2.13. The van der Waals surface area contributed by atoms with Gasteiger partial charge in [-0.1, -0.05) is 17.7 Å². The monoisotopic (exact) mass is 237 g/mol. The number of aromatic nitrogens is 2. The SMILES string of the molecule is Cc1ccc(-n2cnc(C#N)c2C#N)c(CN)c1. The lowest BCUT2D eigenvalue weighted by Crippen LogP contribution is -2.06. The van der Waals surface area contributed by atoms with Crippen molar-refractivity contribution in [3.63, 3.8) is 0 Å². The molecular formula is C13H11N5. The summed E-state index contributed by atoms with van der Waals surface area (Å²) in [6.45, 7) is 2.34. The summed E-state index contributed by atoms with van der Waals surface area (Å²) in [4.78, 5) is 3.92. The Morgan fingerprint density at radius 1 is 1.33 bits per heavy atom. The molecule has 18 heavy (non-hydrogen) atoms. The Kier molecular flexibility index (Phi) is 3.09. The number of rotatable bonds is 2. The van der Waals surface area contributed by atoms with Crippen molar-refractivity contribution in [3.8, 4) is 17.8 Å². The van der Waals surface area contributed by atoms with Gasteiger partial charge in [0.05, 0.1) is 5.69 Å². The Balaban J connectivity index is 2.67. The van der Waals surface area contributed by atoms with E-state index in [4.69, 9.17) is 16.3 Å². The third kappa shape index (κ3) is 1.84. The van der Waals surface area contributed by atoms with Gasteiger partial charge in [-0.25, -0.2) is 4.98 Å². The first-order chi connectivity index (χ1) is 8.71. The molecule has 0 bridgehead atoms. The fourth-order valence-corrected chi connectivity index (χ4v) is 1.83. The number of nitrogens with two attached hydrogens (primary N) is 1. The minimum Gasteiger partial charge on any atom is -0.326 e. The van der Waals surface area contributed by atoms with Gasteiger partial charge in [0.15, 0.2) is 11.4 Å². The van der Waals surface area contributed by atoms with Crippen LogP contribution in [0.15, 0.2) is 24.5 Å². The lowest BCUT2D eigenvalue weighted by atomic mass is 10.1. The van der Waals surface area contributed by atoms with Gasteiger partial charge in [-0.2, -0.15) is 10.5 Å². The van der Waals surface area contributed by atoms with E-state index < -0.39 is 0 Å². The molecule has 0 fully saturated rings. The van der Waals surface area contributed by atoms with E-state index in [2.05, 4.69) is 4.98 Å². The Morgan fingerprint density at radius 2 is 2.11 bits per heavy atom. The first-order valence-corrected chi connectivity index (χ1v) is 5.38. The lowest BCUT2D eigenvalue weighted by Gasteiger charge is -2.10. The van der Waals surface area contributed by atoms with E-state index in [1.807, 2.05) is 37.3 Å². The van der Waals surface area contributed by atoms with Crippen LogP contribution in [0.5, 0.6) is 0 Å². The Labute approximate surface area is 105 Å². The Hall–Kier alpha value is -2.63. The van der Waals surface area contributed by atoms with Gasteiger partial charge in [0.25, 0.3) is 0 Å². The summed E-state index contributed by atoms with van der Waals surface area (Å²) in [5.74, 6) is 0. The third-order valence-corrected chi connectivity index (χ3v) is 2.69. The van der Waals surface area contributed by atoms with Gasteiger partial charge >= 0.3 is 0 Å². The summed E-state index contributed by atoms with van der Waals surface area (Å²) in [5, 5.41) is 18.0. The zero-order chi connectivity index (χ0) is 13.1. The fourth-order valence-electron chi connectivity index (χ4n) is 1.83. The summed E-state index contributed by atoms with van der Waals surface area (Å²) in [7, 11) is 0. The topological polar surface area (TPSA) is 91.4 Å². The van der Waals surface area contributed by atoms with E-state index in [1.54, 1.807) is 4.57 Å². The highest BCUT2D eigenvalue weighted by atomic mass is 15.1. The van der Waals surface area contributed by atoms with Crippen LogP contribution in [-0.2, 0) is 6.54 Å². The highest BCUT2D eigenvalue weighted by Crippen LogP contribution is 2.19. The molecule has 0 unspecified atom stereocenters. The van der Waals surface area contributed by atoms with Crippen molar-refractivity contribution >= 4 is 0 Å². The number of benzene rings is 1. The molecule has 2 rings (SSSR count). The maximum absolute atomic E-state index is 9.11. The molecule has 0 atom stereocenters. The van der Waals surface area contributed by atoms with E-state index in [1.165, 1.54) is 6.33 Å². The minimum atomic E-state index is 0.126. The predicted octanol–water partition coefficient (Wildman–Crippen LogP) is 1.38. The van der Waals surface area contributed by atoms with Crippen LogP contribution < -0.4 is 5.73 Å². The van der Waals surface area contributed by atoms with E-state index in [0.29, 0.717) is 6.54 Å².